The fourth-order valence-electron chi connectivity index (χ4n) is 2.59. The van der Waals surface area contributed by atoms with E-state index in [1.807, 2.05) is 7.05 Å². The summed E-state index contributed by atoms with van der Waals surface area (Å²) >= 11 is 0. The molecule has 1 atom stereocenters. The van der Waals surface area contributed by atoms with Crippen LogP contribution < -0.4 is 10.6 Å². The van der Waals surface area contributed by atoms with Crippen molar-refractivity contribution in [3.8, 4) is 0 Å². The number of piperidine rings is 1. The maximum absolute atomic E-state index is 12.0. The van der Waals surface area contributed by atoms with Gasteiger partial charge in [-0.25, -0.2) is 4.79 Å². The van der Waals surface area contributed by atoms with Crippen molar-refractivity contribution in [2.75, 3.05) is 25.5 Å². The summed E-state index contributed by atoms with van der Waals surface area (Å²) < 4.78 is 0. The molecule has 0 aromatic heterocycles. The molecule has 2 amide bonds. The fraction of sp³-hybridized carbons (Fsp3) is 0.467. The van der Waals surface area contributed by atoms with Crippen LogP contribution in [0.4, 0.5) is 10.5 Å². The second-order valence-electron chi connectivity index (χ2n) is 5.43. The Kier molecular flexibility index (Phi) is 5.16. The summed E-state index contributed by atoms with van der Waals surface area (Å²) in [4.78, 5) is 25.1. The molecule has 1 heterocycles. The number of hydrogen-bond acceptors (Lipinski definition) is 3. The van der Waals surface area contributed by atoms with Gasteiger partial charge >= 0.3 is 12.0 Å². The summed E-state index contributed by atoms with van der Waals surface area (Å²) in [6.45, 7) is 1.89. The number of para-hydroxylation sites is 1. The molecule has 21 heavy (non-hydrogen) atoms. The van der Waals surface area contributed by atoms with E-state index in [2.05, 4.69) is 15.5 Å². The number of carbonyl (C=O) groups is 2. The number of carboxylic acid groups (broad SMARTS) is 1. The summed E-state index contributed by atoms with van der Waals surface area (Å²) in [5, 5.41) is 14.6. The van der Waals surface area contributed by atoms with Crippen LogP contribution in [-0.2, 0) is 11.2 Å². The number of amides is 2. The molecule has 0 aliphatic carbocycles. The largest absolute Gasteiger partial charge is 0.481 e. The number of carbonyl (C=O) groups excluding carboxylic acids is 1. The van der Waals surface area contributed by atoms with E-state index in [1.165, 1.54) is 0 Å². The van der Waals surface area contributed by atoms with Gasteiger partial charge in [0.1, 0.15) is 0 Å². The Balaban J connectivity index is 1.94. The van der Waals surface area contributed by atoms with Gasteiger partial charge in [-0.05, 0) is 38.1 Å². The first-order valence-corrected chi connectivity index (χ1v) is 7.10. The van der Waals surface area contributed by atoms with E-state index in [4.69, 9.17) is 5.11 Å². The van der Waals surface area contributed by atoms with Crippen LogP contribution in [0.25, 0.3) is 0 Å². The lowest BCUT2D eigenvalue weighted by atomic mass is 10.1. The Hall–Kier alpha value is -2.08. The molecule has 1 aliphatic rings. The maximum atomic E-state index is 12.0. The molecule has 2 rings (SSSR count). The van der Waals surface area contributed by atoms with E-state index in [0.29, 0.717) is 11.3 Å². The van der Waals surface area contributed by atoms with Gasteiger partial charge in [0.15, 0.2) is 0 Å². The summed E-state index contributed by atoms with van der Waals surface area (Å²) in [6.07, 6.45) is 1.92. The molecule has 0 saturated carbocycles. The van der Waals surface area contributed by atoms with Gasteiger partial charge < -0.3 is 20.6 Å². The van der Waals surface area contributed by atoms with Crippen LogP contribution in [0.5, 0.6) is 0 Å². The Morgan fingerprint density at radius 2 is 2.14 bits per heavy atom. The summed E-state index contributed by atoms with van der Waals surface area (Å²) in [5.74, 6) is -0.918. The molecule has 1 unspecified atom stereocenters. The van der Waals surface area contributed by atoms with Crippen LogP contribution in [0.15, 0.2) is 24.3 Å². The van der Waals surface area contributed by atoms with E-state index < -0.39 is 5.97 Å². The molecular formula is C15H21N3O3. The maximum Gasteiger partial charge on any atom is 0.319 e. The average molecular weight is 291 g/mol. The number of rotatable bonds is 4. The van der Waals surface area contributed by atoms with Crippen molar-refractivity contribution in [3.05, 3.63) is 29.8 Å². The molecule has 1 aromatic rings. The summed E-state index contributed by atoms with van der Waals surface area (Å²) in [5.41, 5.74) is 1.14. The monoisotopic (exact) mass is 291 g/mol. The standard InChI is InChI=1S/C15H21N3O3/c1-18-8-4-6-12(10-18)16-15(21)17-13-7-3-2-5-11(13)9-14(19)20/h2-3,5,7,12H,4,6,8-10H2,1H3,(H,19,20)(H2,16,17,21). The first-order valence-electron chi connectivity index (χ1n) is 7.10. The highest BCUT2D eigenvalue weighted by Gasteiger charge is 2.19. The molecule has 114 valence electrons. The molecule has 1 saturated heterocycles. The Morgan fingerprint density at radius 1 is 1.38 bits per heavy atom. The van der Waals surface area contributed by atoms with Crippen molar-refractivity contribution in [1.82, 2.24) is 10.2 Å². The number of nitrogens with zero attached hydrogens (tertiary/aromatic N) is 1. The number of likely N-dealkylation sites (tertiary alicyclic amines) is 1. The first kappa shape index (κ1) is 15.3. The van der Waals surface area contributed by atoms with Gasteiger partial charge in [0.25, 0.3) is 0 Å². The lowest BCUT2D eigenvalue weighted by Crippen LogP contribution is -2.47. The van der Waals surface area contributed by atoms with Crippen molar-refractivity contribution in [1.29, 1.82) is 0 Å². The topological polar surface area (TPSA) is 81.7 Å². The highest BCUT2D eigenvalue weighted by molar-refractivity contribution is 5.91. The highest BCUT2D eigenvalue weighted by Crippen LogP contribution is 2.16. The average Bonchev–Trinajstić information content (AvgIpc) is 2.40. The minimum absolute atomic E-state index is 0.109. The molecule has 0 bridgehead atoms. The van der Waals surface area contributed by atoms with Crippen molar-refractivity contribution < 1.29 is 14.7 Å². The predicted octanol–water partition coefficient (Wildman–Crippen LogP) is 1.53. The van der Waals surface area contributed by atoms with Gasteiger partial charge in [-0.1, -0.05) is 18.2 Å². The zero-order chi connectivity index (χ0) is 15.2. The van der Waals surface area contributed by atoms with E-state index in [0.717, 1.165) is 25.9 Å². The zero-order valence-electron chi connectivity index (χ0n) is 12.1. The Morgan fingerprint density at radius 3 is 2.86 bits per heavy atom. The third kappa shape index (κ3) is 4.75. The molecule has 6 heteroatoms. The van der Waals surface area contributed by atoms with Crippen LogP contribution in [0, 0.1) is 0 Å². The van der Waals surface area contributed by atoms with Gasteiger partial charge in [-0.15, -0.1) is 0 Å². The van der Waals surface area contributed by atoms with Crippen molar-refractivity contribution in [2.24, 2.45) is 0 Å². The molecule has 6 nitrogen and oxygen atoms in total. The predicted molar refractivity (Wildman–Crippen MR) is 80.5 cm³/mol. The molecule has 1 fully saturated rings. The van der Waals surface area contributed by atoms with Crippen LogP contribution in [-0.4, -0.2) is 48.2 Å². The number of aliphatic carboxylic acids is 1. The molecule has 0 radical (unpaired) electrons. The van der Waals surface area contributed by atoms with Gasteiger partial charge in [0.2, 0.25) is 0 Å². The number of hydrogen-bond donors (Lipinski definition) is 3. The van der Waals surface area contributed by atoms with Crippen LogP contribution in [0.2, 0.25) is 0 Å². The van der Waals surface area contributed by atoms with Gasteiger partial charge in [0.05, 0.1) is 6.42 Å². The second kappa shape index (κ2) is 7.08. The lowest BCUT2D eigenvalue weighted by molar-refractivity contribution is -0.136. The SMILES string of the molecule is CN1CCCC(NC(=O)Nc2ccccc2CC(=O)O)C1. The molecule has 1 aliphatic heterocycles. The van der Waals surface area contributed by atoms with Crippen molar-refractivity contribution >= 4 is 17.7 Å². The zero-order valence-corrected chi connectivity index (χ0v) is 12.1. The first-order chi connectivity index (χ1) is 10.0. The van der Waals surface area contributed by atoms with Gasteiger partial charge in [-0.3, -0.25) is 4.79 Å². The molecule has 3 N–H and O–H groups in total. The van der Waals surface area contributed by atoms with Crippen LogP contribution in [0.3, 0.4) is 0 Å². The quantitative estimate of drug-likeness (QED) is 0.786. The third-order valence-electron chi connectivity index (χ3n) is 3.57. The Labute approximate surface area is 124 Å². The lowest BCUT2D eigenvalue weighted by Gasteiger charge is -2.30. The number of urea groups is 1. The van der Waals surface area contributed by atoms with Crippen LogP contribution >= 0.6 is 0 Å². The minimum Gasteiger partial charge on any atom is -0.481 e. The van der Waals surface area contributed by atoms with E-state index in [9.17, 15) is 9.59 Å². The second-order valence-corrected chi connectivity index (χ2v) is 5.43. The highest BCUT2D eigenvalue weighted by atomic mass is 16.4. The minimum atomic E-state index is -0.918. The Bertz CT molecular complexity index is 519. The third-order valence-corrected chi connectivity index (χ3v) is 3.57. The molecular weight excluding hydrogens is 270 g/mol. The van der Waals surface area contributed by atoms with E-state index >= 15 is 0 Å². The number of carboxylic acids is 1. The van der Waals surface area contributed by atoms with Gasteiger partial charge in [-0.2, -0.15) is 0 Å². The van der Waals surface area contributed by atoms with Gasteiger partial charge in [0, 0.05) is 18.3 Å². The van der Waals surface area contributed by atoms with Crippen LogP contribution in [0.1, 0.15) is 18.4 Å². The normalized spacial score (nSPS) is 19.0. The summed E-state index contributed by atoms with van der Waals surface area (Å²) in [7, 11) is 2.04. The number of benzene rings is 1. The van der Waals surface area contributed by atoms with E-state index in [-0.39, 0.29) is 18.5 Å². The number of likely N-dealkylation sites (N-methyl/N-ethyl adjacent to an activating group) is 1. The molecule has 1 aromatic carbocycles. The fourth-order valence-corrected chi connectivity index (χ4v) is 2.59. The van der Waals surface area contributed by atoms with Crippen molar-refractivity contribution in [2.45, 2.75) is 25.3 Å². The summed E-state index contributed by atoms with van der Waals surface area (Å²) in [6, 6.07) is 6.80. The number of anilines is 1. The molecule has 0 spiro atoms. The smallest absolute Gasteiger partial charge is 0.319 e. The van der Waals surface area contributed by atoms with Crippen molar-refractivity contribution in [3.63, 3.8) is 0 Å². The number of nitrogens with one attached hydrogen (secondary N) is 2. The van der Waals surface area contributed by atoms with E-state index in [1.54, 1.807) is 24.3 Å².